The van der Waals surface area contributed by atoms with Gasteiger partial charge in [-0.15, -0.1) is 0 Å². The smallest absolute Gasteiger partial charge is 0.330 e. The fraction of sp³-hybridized carbons (Fsp3) is 0.500. The van der Waals surface area contributed by atoms with Crippen molar-refractivity contribution in [2.45, 2.75) is 19.0 Å². The summed E-state index contributed by atoms with van der Waals surface area (Å²) in [6.07, 6.45) is -3.83. The van der Waals surface area contributed by atoms with Crippen LogP contribution in [-0.4, -0.2) is 34.0 Å². The number of aromatic amines is 1. The first-order valence-electron chi connectivity index (χ1n) is 4.34. The van der Waals surface area contributed by atoms with Crippen LogP contribution >= 0.6 is 0 Å². The number of hydrogen-bond acceptors (Lipinski definition) is 4. The second-order valence-electron chi connectivity index (χ2n) is 3.10. The lowest BCUT2D eigenvalue weighted by Gasteiger charge is -2.14. The SMILES string of the molecule is O=c1cc(O)nc(COCC(F)(F)C(F)F)[nH]1. The maximum Gasteiger partial charge on any atom is 0.330 e. The number of alkyl halides is 4. The number of halogens is 4. The van der Waals surface area contributed by atoms with Gasteiger partial charge in [-0.2, -0.15) is 13.8 Å². The lowest BCUT2D eigenvalue weighted by molar-refractivity contribution is -0.168. The first kappa shape index (κ1) is 13.4. The highest BCUT2D eigenvalue weighted by atomic mass is 19.3. The lowest BCUT2D eigenvalue weighted by atomic mass is 10.4. The van der Waals surface area contributed by atoms with E-state index in [4.69, 9.17) is 5.11 Å². The summed E-state index contributed by atoms with van der Waals surface area (Å²) in [4.78, 5) is 16.2. The molecule has 17 heavy (non-hydrogen) atoms. The Morgan fingerprint density at radius 1 is 1.53 bits per heavy atom. The molecule has 0 aliphatic rings. The van der Waals surface area contributed by atoms with E-state index in [-0.39, 0.29) is 5.82 Å². The van der Waals surface area contributed by atoms with Crippen LogP contribution in [0.15, 0.2) is 10.9 Å². The molecule has 0 atom stereocenters. The molecule has 0 bridgehead atoms. The standard InChI is InChI=1S/C8H8F4N2O3/c9-7(10)8(11,12)3-17-2-4-13-5(15)1-6(16)14-4/h1,7H,2-3H2,(H2,13,14,15,16). The Hall–Kier alpha value is -1.64. The highest BCUT2D eigenvalue weighted by Crippen LogP contribution is 2.23. The van der Waals surface area contributed by atoms with Gasteiger partial charge in [0, 0.05) is 0 Å². The number of H-pyrrole nitrogens is 1. The number of nitrogens with one attached hydrogen (secondary N) is 1. The van der Waals surface area contributed by atoms with Crippen LogP contribution in [0.3, 0.4) is 0 Å². The van der Waals surface area contributed by atoms with Crippen molar-refractivity contribution in [3.8, 4) is 5.88 Å². The number of ether oxygens (including phenoxy) is 1. The van der Waals surface area contributed by atoms with Gasteiger partial charge >= 0.3 is 12.3 Å². The van der Waals surface area contributed by atoms with Crippen LogP contribution in [0.4, 0.5) is 17.6 Å². The monoisotopic (exact) mass is 256 g/mol. The zero-order valence-corrected chi connectivity index (χ0v) is 8.29. The molecule has 0 radical (unpaired) electrons. The van der Waals surface area contributed by atoms with E-state index in [1.165, 1.54) is 0 Å². The van der Waals surface area contributed by atoms with Gasteiger partial charge in [0.05, 0.1) is 6.07 Å². The molecular formula is C8H8F4N2O3. The van der Waals surface area contributed by atoms with Crippen molar-refractivity contribution >= 4 is 0 Å². The molecule has 9 heteroatoms. The summed E-state index contributed by atoms with van der Waals surface area (Å²) in [5.74, 6) is -5.12. The molecule has 1 heterocycles. The van der Waals surface area contributed by atoms with Crippen molar-refractivity contribution in [2.24, 2.45) is 0 Å². The van der Waals surface area contributed by atoms with Gasteiger partial charge in [-0.25, -0.2) is 8.78 Å². The van der Waals surface area contributed by atoms with Crippen LogP contribution < -0.4 is 5.56 Å². The van der Waals surface area contributed by atoms with Gasteiger partial charge < -0.3 is 14.8 Å². The molecule has 1 aromatic rings. The van der Waals surface area contributed by atoms with Crippen molar-refractivity contribution in [3.63, 3.8) is 0 Å². The topological polar surface area (TPSA) is 75.2 Å². The van der Waals surface area contributed by atoms with E-state index in [0.717, 1.165) is 6.07 Å². The maximum atomic E-state index is 12.4. The van der Waals surface area contributed by atoms with Crippen molar-refractivity contribution < 1.29 is 27.4 Å². The normalized spacial score (nSPS) is 12.1. The predicted octanol–water partition coefficient (Wildman–Crippen LogP) is 0.892. The predicted molar refractivity (Wildman–Crippen MR) is 47.1 cm³/mol. The molecule has 2 N–H and O–H groups in total. The van der Waals surface area contributed by atoms with Gasteiger partial charge in [0.1, 0.15) is 19.0 Å². The van der Waals surface area contributed by atoms with Crippen molar-refractivity contribution in [1.82, 2.24) is 9.97 Å². The van der Waals surface area contributed by atoms with Gasteiger partial charge in [-0.3, -0.25) is 4.79 Å². The Labute approximate surface area is 92.1 Å². The number of nitrogens with zero attached hydrogens (tertiary/aromatic N) is 1. The van der Waals surface area contributed by atoms with Gasteiger partial charge in [-0.05, 0) is 0 Å². The van der Waals surface area contributed by atoms with Gasteiger partial charge in [0.2, 0.25) is 5.88 Å². The largest absolute Gasteiger partial charge is 0.493 e. The Balaban J connectivity index is 2.54. The number of rotatable bonds is 5. The molecule has 0 amide bonds. The fourth-order valence-corrected chi connectivity index (χ4v) is 0.909. The minimum absolute atomic E-state index is 0.236. The molecule has 0 spiro atoms. The maximum absolute atomic E-state index is 12.4. The number of aromatic nitrogens is 2. The zero-order chi connectivity index (χ0) is 13.1. The Bertz CT molecular complexity index is 435. The molecule has 0 saturated heterocycles. The number of aromatic hydroxyl groups is 1. The van der Waals surface area contributed by atoms with Crippen LogP contribution in [0.2, 0.25) is 0 Å². The van der Waals surface area contributed by atoms with Crippen LogP contribution in [0, 0.1) is 0 Å². The van der Waals surface area contributed by atoms with Crippen LogP contribution in [0.1, 0.15) is 5.82 Å². The van der Waals surface area contributed by atoms with E-state index in [1.54, 1.807) is 0 Å². The van der Waals surface area contributed by atoms with E-state index < -0.39 is 37.0 Å². The van der Waals surface area contributed by atoms with Crippen molar-refractivity contribution in [2.75, 3.05) is 6.61 Å². The van der Waals surface area contributed by atoms with Crippen LogP contribution in [0.5, 0.6) is 5.88 Å². The van der Waals surface area contributed by atoms with Crippen molar-refractivity contribution in [1.29, 1.82) is 0 Å². The zero-order valence-electron chi connectivity index (χ0n) is 8.29. The van der Waals surface area contributed by atoms with Crippen LogP contribution in [-0.2, 0) is 11.3 Å². The van der Waals surface area contributed by atoms with E-state index in [2.05, 4.69) is 14.7 Å². The molecule has 0 aromatic carbocycles. The summed E-state index contributed by atoms with van der Waals surface area (Å²) in [7, 11) is 0. The van der Waals surface area contributed by atoms with E-state index in [1.807, 2.05) is 0 Å². The van der Waals surface area contributed by atoms with E-state index in [9.17, 15) is 22.4 Å². The lowest BCUT2D eigenvalue weighted by Crippen LogP contribution is -2.32. The van der Waals surface area contributed by atoms with Crippen LogP contribution in [0.25, 0.3) is 0 Å². The highest BCUT2D eigenvalue weighted by molar-refractivity contribution is 5.05. The third-order valence-electron chi connectivity index (χ3n) is 1.63. The third kappa shape index (κ3) is 4.02. The molecule has 0 aliphatic carbocycles. The summed E-state index contributed by atoms with van der Waals surface area (Å²) >= 11 is 0. The molecule has 0 fully saturated rings. The first-order valence-corrected chi connectivity index (χ1v) is 4.34. The van der Waals surface area contributed by atoms with E-state index >= 15 is 0 Å². The summed E-state index contributed by atoms with van der Waals surface area (Å²) in [5, 5.41) is 8.89. The average molecular weight is 256 g/mol. The Kier molecular flexibility index (Phi) is 4.05. The molecule has 0 unspecified atom stereocenters. The van der Waals surface area contributed by atoms with E-state index in [0.29, 0.717) is 0 Å². The molecule has 96 valence electrons. The second-order valence-corrected chi connectivity index (χ2v) is 3.10. The third-order valence-corrected chi connectivity index (χ3v) is 1.63. The fourth-order valence-electron chi connectivity index (χ4n) is 0.909. The summed E-state index contributed by atoms with van der Waals surface area (Å²) in [6.45, 7) is -2.13. The summed E-state index contributed by atoms with van der Waals surface area (Å²) in [5.41, 5.74) is -0.711. The molecule has 0 aliphatic heterocycles. The minimum atomic E-state index is -4.27. The quantitative estimate of drug-likeness (QED) is 0.767. The van der Waals surface area contributed by atoms with Crippen molar-refractivity contribution in [3.05, 3.63) is 22.2 Å². The molecule has 5 nitrogen and oxygen atoms in total. The average Bonchev–Trinajstić information content (AvgIpc) is 2.15. The molecule has 0 saturated carbocycles. The number of hydrogen-bond donors (Lipinski definition) is 2. The molecule has 1 aromatic heterocycles. The van der Waals surface area contributed by atoms with Gasteiger partial charge in [0.15, 0.2) is 0 Å². The minimum Gasteiger partial charge on any atom is -0.493 e. The Morgan fingerprint density at radius 2 is 2.18 bits per heavy atom. The first-order chi connectivity index (χ1) is 7.81. The highest BCUT2D eigenvalue weighted by Gasteiger charge is 2.40. The Morgan fingerprint density at radius 3 is 2.71 bits per heavy atom. The summed E-state index contributed by atoms with van der Waals surface area (Å²) < 4.78 is 52.5. The van der Waals surface area contributed by atoms with Gasteiger partial charge in [0.25, 0.3) is 5.56 Å². The molecular weight excluding hydrogens is 248 g/mol. The molecule has 1 rings (SSSR count). The summed E-state index contributed by atoms with van der Waals surface area (Å²) in [6, 6.07) is 0.761. The second kappa shape index (κ2) is 5.13. The van der Waals surface area contributed by atoms with Gasteiger partial charge in [-0.1, -0.05) is 0 Å².